The number of benzene rings is 1. The van der Waals surface area contributed by atoms with E-state index in [-0.39, 0.29) is 11.8 Å². The van der Waals surface area contributed by atoms with Crippen LogP contribution in [0.15, 0.2) is 24.3 Å². The van der Waals surface area contributed by atoms with E-state index in [9.17, 15) is 4.79 Å². The van der Waals surface area contributed by atoms with Crippen molar-refractivity contribution in [2.24, 2.45) is 5.92 Å². The first-order valence-corrected chi connectivity index (χ1v) is 11.1. The molecule has 3 rings (SSSR count). The predicted octanol–water partition coefficient (Wildman–Crippen LogP) is 3.93. The summed E-state index contributed by atoms with van der Waals surface area (Å²) in [6.45, 7) is 7.35. The van der Waals surface area contributed by atoms with Crippen LogP contribution < -0.4 is 5.32 Å². The van der Waals surface area contributed by atoms with Crippen LogP contribution in [-0.4, -0.2) is 55.0 Å². The molecule has 0 aliphatic carbocycles. The summed E-state index contributed by atoms with van der Waals surface area (Å²) in [6.07, 6.45) is 8.42. The van der Waals surface area contributed by atoms with Crippen molar-refractivity contribution in [3.63, 3.8) is 0 Å². The Morgan fingerprint density at radius 3 is 2.30 bits per heavy atom. The summed E-state index contributed by atoms with van der Waals surface area (Å²) in [5, 5.41) is 3.96. The molecule has 1 aromatic rings. The third kappa shape index (κ3) is 7.10. The molecule has 2 fully saturated rings. The number of hydrogen-bond donors (Lipinski definition) is 1. The first-order valence-electron chi connectivity index (χ1n) is 10.7. The van der Waals surface area contributed by atoms with Crippen LogP contribution in [0.2, 0.25) is 5.02 Å². The van der Waals surface area contributed by atoms with E-state index in [1.165, 1.54) is 44.3 Å². The van der Waals surface area contributed by atoms with Crippen molar-refractivity contribution in [1.82, 2.24) is 15.1 Å². The van der Waals surface area contributed by atoms with Gasteiger partial charge < -0.3 is 10.2 Å². The van der Waals surface area contributed by atoms with Gasteiger partial charge in [0.2, 0.25) is 5.91 Å². The lowest BCUT2D eigenvalue weighted by Gasteiger charge is -2.31. The number of likely N-dealkylation sites (tertiary alicyclic amines) is 2. The second-order valence-electron chi connectivity index (χ2n) is 8.08. The highest BCUT2D eigenvalue weighted by atomic mass is 35.5. The van der Waals surface area contributed by atoms with Gasteiger partial charge in [0, 0.05) is 24.0 Å². The minimum Gasteiger partial charge on any atom is -0.356 e. The third-order valence-corrected chi connectivity index (χ3v) is 6.18. The number of amides is 1. The van der Waals surface area contributed by atoms with Gasteiger partial charge >= 0.3 is 0 Å². The molecule has 0 saturated carbocycles. The van der Waals surface area contributed by atoms with E-state index in [1.54, 1.807) is 0 Å². The molecule has 1 amide bonds. The summed E-state index contributed by atoms with van der Waals surface area (Å²) in [5.74, 6) is 0.446. The quantitative estimate of drug-likeness (QED) is 0.715. The van der Waals surface area contributed by atoms with Crippen LogP contribution >= 0.6 is 11.6 Å². The molecule has 1 aromatic carbocycles. The van der Waals surface area contributed by atoms with Gasteiger partial charge in [-0.05, 0) is 82.5 Å². The molecule has 0 bridgehead atoms. The van der Waals surface area contributed by atoms with E-state index in [4.69, 9.17) is 11.6 Å². The minimum absolute atomic E-state index is 0.185. The SMILES string of the molecule is O=C(NCCCN1CCCCCC1)C1CCN(Cc2ccc(Cl)cc2)CC1. The molecule has 2 aliphatic heterocycles. The van der Waals surface area contributed by atoms with E-state index in [1.807, 2.05) is 12.1 Å². The molecule has 4 nitrogen and oxygen atoms in total. The van der Waals surface area contributed by atoms with Crippen molar-refractivity contribution in [2.45, 2.75) is 51.5 Å². The van der Waals surface area contributed by atoms with E-state index in [2.05, 4.69) is 27.2 Å². The fraction of sp³-hybridized carbons (Fsp3) is 0.682. The van der Waals surface area contributed by atoms with Gasteiger partial charge in [0.15, 0.2) is 0 Å². The average Bonchev–Trinajstić information content (AvgIpc) is 2.96. The number of carbonyl (C=O) groups is 1. The van der Waals surface area contributed by atoms with Crippen LogP contribution in [0.1, 0.15) is 50.5 Å². The molecule has 5 heteroatoms. The van der Waals surface area contributed by atoms with Gasteiger partial charge in [-0.2, -0.15) is 0 Å². The number of nitrogens with zero attached hydrogens (tertiary/aromatic N) is 2. The number of hydrogen-bond acceptors (Lipinski definition) is 3. The lowest BCUT2D eigenvalue weighted by atomic mass is 9.95. The van der Waals surface area contributed by atoms with Crippen molar-refractivity contribution in [2.75, 3.05) is 39.3 Å². The summed E-state index contributed by atoms with van der Waals surface area (Å²) in [4.78, 5) is 17.4. The van der Waals surface area contributed by atoms with E-state index in [0.29, 0.717) is 0 Å². The molecule has 1 N–H and O–H groups in total. The molecule has 0 radical (unpaired) electrons. The lowest BCUT2D eigenvalue weighted by molar-refractivity contribution is -0.126. The number of carbonyl (C=O) groups excluding carboxylic acids is 1. The second kappa shape index (κ2) is 11.0. The Kier molecular flexibility index (Phi) is 8.43. The zero-order chi connectivity index (χ0) is 18.9. The van der Waals surface area contributed by atoms with Gasteiger partial charge in [-0.3, -0.25) is 9.69 Å². The van der Waals surface area contributed by atoms with Crippen molar-refractivity contribution >= 4 is 17.5 Å². The maximum atomic E-state index is 12.4. The Hall–Kier alpha value is -1.10. The summed E-state index contributed by atoms with van der Waals surface area (Å²) in [5.41, 5.74) is 1.29. The topological polar surface area (TPSA) is 35.6 Å². The van der Waals surface area contributed by atoms with Gasteiger partial charge in [0.1, 0.15) is 0 Å². The highest BCUT2D eigenvalue weighted by Crippen LogP contribution is 2.20. The van der Waals surface area contributed by atoms with Crippen molar-refractivity contribution in [1.29, 1.82) is 0 Å². The Labute approximate surface area is 169 Å². The van der Waals surface area contributed by atoms with Crippen molar-refractivity contribution < 1.29 is 4.79 Å². The summed E-state index contributed by atoms with van der Waals surface area (Å²) < 4.78 is 0. The molecule has 27 heavy (non-hydrogen) atoms. The van der Waals surface area contributed by atoms with Gasteiger partial charge in [0.05, 0.1) is 0 Å². The van der Waals surface area contributed by atoms with Gasteiger partial charge in [-0.25, -0.2) is 0 Å². The fourth-order valence-corrected chi connectivity index (χ4v) is 4.35. The molecular weight excluding hydrogens is 358 g/mol. The third-order valence-electron chi connectivity index (χ3n) is 5.93. The lowest BCUT2D eigenvalue weighted by Crippen LogP contribution is -2.40. The van der Waals surface area contributed by atoms with Crippen molar-refractivity contribution in [3.05, 3.63) is 34.9 Å². The standard InChI is InChI=1S/C22H34ClN3O/c23-21-8-6-19(7-9-21)18-26-16-10-20(11-17-26)22(27)24-12-5-15-25-13-3-1-2-4-14-25/h6-9,20H,1-5,10-18H2,(H,24,27). The number of rotatable bonds is 7. The first-order chi connectivity index (χ1) is 13.2. The molecule has 0 aromatic heterocycles. The van der Waals surface area contributed by atoms with Gasteiger partial charge in [-0.1, -0.05) is 36.6 Å². The number of halogens is 1. The molecular formula is C22H34ClN3O. The molecule has 0 spiro atoms. The van der Waals surface area contributed by atoms with Gasteiger partial charge in [-0.15, -0.1) is 0 Å². The van der Waals surface area contributed by atoms with Crippen LogP contribution in [0.25, 0.3) is 0 Å². The van der Waals surface area contributed by atoms with Crippen molar-refractivity contribution in [3.8, 4) is 0 Å². The predicted molar refractivity (Wildman–Crippen MR) is 112 cm³/mol. The van der Waals surface area contributed by atoms with Crippen LogP contribution in [0.4, 0.5) is 0 Å². The molecule has 0 atom stereocenters. The maximum Gasteiger partial charge on any atom is 0.223 e. The second-order valence-corrected chi connectivity index (χ2v) is 8.51. The maximum absolute atomic E-state index is 12.4. The Morgan fingerprint density at radius 1 is 0.963 bits per heavy atom. The number of nitrogens with one attached hydrogen (secondary N) is 1. The highest BCUT2D eigenvalue weighted by Gasteiger charge is 2.24. The van der Waals surface area contributed by atoms with Gasteiger partial charge in [0.25, 0.3) is 0 Å². The minimum atomic E-state index is 0.185. The van der Waals surface area contributed by atoms with Crippen LogP contribution in [0.3, 0.4) is 0 Å². The zero-order valence-electron chi connectivity index (χ0n) is 16.5. The van der Waals surface area contributed by atoms with E-state index < -0.39 is 0 Å². The Bertz CT molecular complexity index is 561. The van der Waals surface area contributed by atoms with E-state index in [0.717, 1.165) is 57.0 Å². The summed E-state index contributed by atoms with van der Waals surface area (Å²) >= 11 is 5.95. The van der Waals surface area contributed by atoms with Crippen LogP contribution in [0.5, 0.6) is 0 Å². The molecule has 150 valence electrons. The number of piperidine rings is 1. The largest absolute Gasteiger partial charge is 0.356 e. The molecule has 2 aliphatic rings. The van der Waals surface area contributed by atoms with Crippen LogP contribution in [0, 0.1) is 5.92 Å². The highest BCUT2D eigenvalue weighted by molar-refractivity contribution is 6.30. The Morgan fingerprint density at radius 2 is 1.63 bits per heavy atom. The summed E-state index contributed by atoms with van der Waals surface area (Å²) in [6, 6.07) is 8.07. The molecule has 2 saturated heterocycles. The smallest absolute Gasteiger partial charge is 0.223 e. The fourth-order valence-electron chi connectivity index (χ4n) is 4.22. The molecule has 0 unspecified atom stereocenters. The van der Waals surface area contributed by atoms with Crippen LogP contribution in [-0.2, 0) is 11.3 Å². The molecule has 2 heterocycles. The Balaban J connectivity index is 1.29. The summed E-state index contributed by atoms with van der Waals surface area (Å²) in [7, 11) is 0. The monoisotopic (exact) mass is 391 g/mol. The average molecular weight is 392 g/mol. The first kappa shape index (κ1) is 20.6. The normalized spacial score (nSPS) is 20.3. The zero-order valence-corrected chi connectivity index (χ0v) is 17.2. The van der Waals surface area contributed by atoms with E-state index >= 15 is 0 Å².